The first-order chi connectivity index (χ1) is 10.3. The predicted octanol–water partition coefficient (Wildman–Crippen LogP) is 2.45. The molecule has 116 valence electrons. The van der Waals surface area contributed by atoms with Gasteiger partial charge in [0.1, 0.15) is 0 Å². The summed E-state index contributed by atoms with van der Waals surface area (Å²) in [6.45, 7) is 7.61. The lowest BCUT2D eigenvalue weighted by atomic mass is 9.99. The van der Waals surface area contributed by atoms with Gasteiger partial charge in [-0.15, -0.1) is 0 Å². The maximum atomic E-state index is 10.5. The van der Waals surface area contributed by atoms with E-state index in [-0.39, 0.29) is 6.10 Å². The van der Waals surface area contributed by atoms with Crippen molar-refractivity contribution in [2.24, 2.45) is 0 Å². The van der Waals surface area contributed by atoms with Crippen molar-refractivity contribution in [1.29, 1.82) is 0 Å². The second-order valence-electron chi connectivity index (χ2n) is 6.56. The molecule has 3 heteroatoms. The summed E-state index contributed by atoms with van der Waals surface area (Å²) in [5.74, 6) is 0. The van der Waals surface area contributed by atoms with Gasteiger partial charge in [0.15, 0.2) is 0 Å². The molecule has 0 amide bonds. The number of piperazine rings is 1. The summed E-state index contributed by atoms with van der Waals surface area (Å²) < 4.78 is 0. The van der Waals surface area contributed by atoms with Crippen molar-refractivity contribution < 1.29 is 5.11 Å². The SMILES string of the molecule is CCc1ccc(C(O)CN2CCN3CCCCC3C2)cc1. The summed E-state index contributed by atoms with van der Waals surface area (Å²) in [6, 6.07) is 9.16. The third-order valence-electron chi connectivity index (χ3n) is 5.13. The van der Waals surface area contributed by atoms with Crippen molar-refractivity contribution in [2.45, 2.75) is 44.8 Å². The summed E-state index contributed by atoms with van der Waals surface area (Å²) in [5, 5.41) is 10.5. The maximum absolute atomic E-state index is 10.5. The molecule has 2 aliphatic rings. The summed E-state index contributed by atoms with van der Waals surface area (Å²) in [4.78, 5) is 5.09. The van der Waals surface area contributed by atoms with Crippen LogP contribution < -0.4 is 0 Å². The second kappa shape index (κ2) is 6.91. The minimum absolute atomic E-state index is 0.356. The van der Waals surface area contributed by atoms with Gasteiger partial charge in [-0.1, -0.05) is 37.6 Å². The highest BCUT2D eigenvalue weighted by Crippen LogP contribution is 2.23. The maximum Gasteiger partial charge on any atom is 0.0916 e. The number of fused-ring (bicyclic) bond motifs is 1. The highest BCUT2D eigenvalue weighted by atomic mass is 16.3. The first kappa shape index (κ1) is 15.0. The zero-order valence-corrected chi connectivity index (χ0v) is 13.2. The minimum Gasteiger partial charge on any atom is -0.387 e. The first-order valence-electron chi connectivity index (χ1n) is 8.49. The molecule has 0 spiro atoms. The number of aliphatic hydroxyl groups excluding tert-OH is 1. The standard InChI is InChI=1S/C18H28N2O/c1-2-15-6-8-16(9-7-15)18(21)14-19-11-12-20-10-4-3-5-17(20)13-19/h6-9,17-18,21H,2-5,10-14H2,1H3. The van der Waals surface area contributed by atoms with Gasteiger partial charge in [0, 0.05) is 32.2 Å². The van der Waals surface area contributed by atoms with Crippen LogP contribution >= 0.6 is 0 Å². The van der Waals surface area contributed by atoms with Crippen molar-refractivity contribution in [2.75, 3.05) is 32.7 Å². The zero-order chi connectivity index (χ0) is 14.7. The Kier molecular flexibility index (Phi) is 4.94. The molecule has 0 saturated carbocycles. The predicted molar refractivity (Wildman–Crippen MR) is 86.4 cm³/mol. The molecule has 0 bridgehead atoms. The molecule has 2 heterocycles. The average Bonchev–Trinajstić information content (AvgIpc) is 2.55. The van der Waals surface area contributed by atoms with Crippen LogP contribution in [0.4, 0.5) is 0 Å². The Balaban J connectivity index is 1.55. The van der Waals surface area contributed by atoms with Crippen LogP contribution in [-0.4, -0.2) is 53.7 Å². The molecule has 2 atom stereocenters. The van der Waals surface area contributed by atoms with E-state index in [1.165, 1.54) is 37.9 Å². The highest BCUT2D eigenvalue weighted by molar-refractivity contribution is 5.24. The molecular formula is C18H28N2O. The van der Waals surface area contributed by atoms with Gasteiger partial charge < -0.3 is 5.11 Å². The van der Waals surface area contributed by atoms with Crippen LogP contribution in [-0.2, 0) is 6.42 Å². The van der Waals surface area contributed by atoms with E-state index in [4.69, 9.17) is 0 Å². The Morgan fingerprint density at radius 1 is 1.14 bits per heavy atom. The number of nitrogens with zero attached hydrogens (tertiary/aromatic N) is 2. The third kappa shape index (κ3) is 3.65. The molecule has 0 aromatic heterocycles. The number of hydrogen-bond acceptors (Lipinski definition) is 3. The van der Waals surface area contributed by atoms with Crippen LogP contribution in [0.25, 0.3) is 0 Å². The van der Waals surface area contributed by atoms with Crippen LogP contribution in [0.2, 0.25) is 0 Å². The molecule has 0 aliphatic carbocycles. The van der Waals surface area contributed by atoms with E-state index in [1.807, 2.05) is 0 Å². The number of hydrogen-bond donors (Lipinski definition) is 1. The summed E-state index contributed by atoms with van der Waals surface area (Å²) in [7, 11) is 0. The van der Waals surface area contributed by atoms with Crippen molar-refractivity contribution in [3.05, 3.63) is 35.4 Å². The normalized spacial score (nSPS) is 25.5. The molecule has 2 aliphatic heterocycles. The number of piperidine rings is 1. The summed E-state index contributed by atoms with van der Waals surface area (Å²) in [5.41, 5.74) is 2.39. The molecule has 3 nitrogen and oxygen atoms in total. The van der Waals surface area contributed by atoms with Crippen molar-refractivity contribution in [1.82, 2.24) is 9.80 Å². The molecular weight excluding hydrogens is 260 g/mol. The number of benzene rings is 1. The second-order valence-corrected chi connectivity index (χ2v) is 6.56. The van der Waals surface area contributed by atoms with Gasteiger partial charge in [0.05, 0.1) is 6.10 Å². The number of rotatable bonds is 4. The van der Waals surface area contributed by atoms with Gasteiger partial charge in [-0.2, -0.15) is 0 Å². The molecule has 1 aromatic rings. The number of aliphatic hydroxyl groups is 1. The number of β-amino-alcohol motifs (C(OH)–C–C–N with tert-alkyl or cyclic N) is 1. The highest BCUT2D eigenvalue weighted by Gasteiger charge is 2.29. The van der Waals surface area contributed by atoms with E-state index in [0.717, 1.165) is 37.7 Å². The van der Waals surface area contributed by atoms with Crippen LogP contribution in [0.3, 0.4) is 0 Å². The fraction of sp³-hybridized carbons (Fsp3) is 0.667. The number of aryl methyl sites for hydroxylation is 1. The molecule has 1 N–H and O–H groups in total. The van der Waals surface area contributed by atoms with E-state index < -0.39 is 0 Å². The Morgan fingerprint density at radius 2 is 1.95 bits per heavy atom. The Hall–Kier alpha value is -0.900. The average molecular weight is 288 g/mol. The largest absolute Gasteiger partial charge is 0.387 e. The van der Waals surface area contributed by atoms with Crippen molar-refractivity contribution in [3.8, 4) is 0 Å². The Labute approximate surface area is 128 Å². The molecule has 2 unspecified atom stereocenters. The first-order valence-corrected chi connectivity index (χ1v) is 8.49. The lowest BCUT2D eigenvalue weighted by Crippen LogP contribution is -2.55. The van der Waals surface area contributed by atoms with Gasteiger partial charge >= 0.3 is 0 Å². The van der Waals surface area contributed by atoms with Crippen LogP contribution in [0, 0.1) is 0 Å². The monoisotopic (exact) mass is 288 g/mol. The van der Waals surface area contributed by atoms with Gasteiger partial charge in [0.25, 0.3) is 0 Å². The van der Waals surface area contributed by atoms with Gasteiger partial charge in [-0.05, 0) is 36.9 Å². The molecule has 3 rings (SSSR count). The summed E-state index contributed by atoms with van der Waals surface area (Å²) >= 11 is 0. The van der Waals surface area contributed by atoms with Crippen molar-refractivity contribution in [3.63, 3.8) is 0 Å². The molecule has 21 heavy (non-hydrogen) atoms. The van der Waals surface area contributed by atoms with Gasteiger partial charge in [0.2, 0.25) is 0 Å². The lowest BCUT2D eigenvalue weighted by Gasteiger charge is -2.44. The van der Waals surface area contributed by atoms with E-state index in [2.05, 4.69) is 41.0 Å². The van der Waals surface area contributed by atoms with Gasteiger partial charge in [-0.25, -0.2) is 0 Å². The smallest absolute Gasteiger partial charge is 0.0916 e. The van der Waals surface area contributed by atoms with E-state index in [9.17, 15) is 5.11 Å². The van der Waals surface area contributed by atoms with E-state index >= 15 is 0 Å². The lowest BCUT2D eigenvalue weighted by molar-refractivity contribution is 0.0234. The molecule has 2 saturated heterocycles. The topological polar surface area (TPSA) is 26.7 Å². The van der Waals surface area contributed by atoms with Crippen molar-refractivity contribution >= 4 is 0 Å². The van der Waals surface area contributed by atoms with E-state index in [1.54, 1.807) is 0 Å². The fourth-order valence-electron chi connectivity index (χ4n) is 3.71. The zero-order valence-electron chi connectivity index (χ0n) is 13.2. The van der Waals surface area contributed by atoms with E-state index in [0.29, 0.717) is 0 Å². The van der Waals surface area contributed by atoms with Crippen LogP contribution in [0.5, 0.6) is 0 Å². The Bertz CT molecular complexity index is 445. The minimum atomic E-state index is -0.356. The van der Waals surface area contributed by atoms with Crippen LogP contribution in [0.1, 0.15) is 43.4 Å². The molecule has 0 radical (unpaired) electrons. The quantitative estimate of drug-likeness (QED) is 0.922. The third-order valence-corrected chi connectivity index (χ3v) is 5.13. The fourth-order valence-corrected chi connectivity index (χ4v) is 3.71. The summed E-state index contributed by atoms with van der Waals surface area (Å²) in [6.07, 6.45) is 4.77. The molecule has 1 aromatic carbocycles. The van der Waals surface area contributed by atoms with Crippen LogP contribution in [0.15, 0.2) is 24.3 Å². The Morgan fingerprint density at radius 3 is 2.71 bits per heavy atom. The van der Waals surface area contributed by atoms with Gasteiger partial charge in [-0.3, -0.25) is 9.80 Å². The molecule has 2 fully saturated rings.